The molecule has 0 aromatic heterocycles. The summed E-state index contributed by atoms with van der Waals surface area (Å²) in [6, 6.07) is 25.8. The van der Waals surface area contributed by atoms with Gasteiger partial charge >= 0.3 is 18.2 Å². The number of anilines is 1. The molecule has 0 unspecified atom stereocenters. The lowest BCUT2D eigenvalue weighted by Gasteiger charge is -2.32. The van der Waals surface area contributed by atoms with Gasteiger partial charge < -0.3 is 14.2 Å². The van der Waals surface area contributed by atoms with Gasteiger partial charge in [0.2, 0.25) is 0 Å². The number of rotatable bonds is 5. The van der Waals surface area contributed by atoms with Gasteiger partial charge in [0.15, 0.2) is 0 Å². The number of fused-ring (bicyclic) bond motifs is 3. The van der Waals surface area contributed by atoms with Crippen molar-refractivity contribution in [3.63, 3.8) is 0 Å². The second kappa shape index (κ2) is 9.95. The van der Waals surface area contributed by atoms with E-state index in [9.17, 15) is 14.4 Å². The van der Waals surface area contributed by atoms with E-state index in [2.05, 4.69) is 0 Å². The molecule has 0 fully saturated rings. The first-order chi connectivity index (χ1) is 17.6. The SMILES string of the molecule is COC(=O)C1=C[C@@H]2c3ccccc3N(C(=O)OCc3ccccc3)[C@@H]2N1C(=O)OCc1ccccc1. The highest BCUT2D eigenvalue weighted by Crippen LogP contribution is 2.48. The molecule has 0 N–H and O–H groups in total. The molecule has 2 aliphatic rings. The van der Waals surface area contributed by atoms with Gasteiger partial charge in [0, 0.05) is 5.92 Å². The maximum Gasteiger partial charge on any atom is 0.416 e. The van der Waals surface area contributed by atoms with Crippen molar-refractivity contribution in [1.29, 1.82) is 0 Å². The number of amides is 2. The molecule has 2 atom stereocenters. The van der Waals surface area contributed by atoms with Crippen molar-refractivity contribution in [3.05, 3.63) is 113 Å². The third-order valence-electron chi connectivity index (χ3n) is 6.20. The summed E-state index contributed by atoms with van der Waals surface area (Å²) in [5.74, 6) is -1.15. The van der Waals surface area contributed by atoms with Crippen molar-refractivity contribution in [3.8, 4) is 0 Å². The average molecular weight is 485 g/mol. The van der Waals surface area contributed by atoms with Crippen LogP contribution in [0.3, 0.4) is 0 Å². The van der Waals surface area contributed by atoms with Crippen LogP contribution in [0.25, 0.3) is 0 Å². The van der Waals surface area contributed by atoms with Crippen LogP contribution >= 0.6 is 0 Å². The highest BCUT2D eigenvalue weighted by molar-refractivity contribution is 5.98. The average Bonchev–Trinajstić information content (AvgIpc) is 3.46. The van der Waals surface area contributed by atoms with E-state index in [0.29, 0.717) is 5.69 Å². The number of ether oxygens (including phenoxy) is 3. The Kier molecular flexibility index (Phi) is 6.40. The summed E-state index contributed by atoms with van der Waals surface area (Å²) < 4.78 is 16.1. The summed E-state index contributed by atoms with van der Waals surface area (Å²) in [4.78, 5) is 42.0. The third kappa shape index (κ3) is 4.29. The highest BCUT2D eigenvalue weighted by Gasteiger charge is 2.53. The van der Waals surface area contributed by atoms with Crippen LogP contribution in [0.1, 0.15) is 22.6 Å². The molecule has 8 nitrogen and oxygen atoms in total. The van der Waals surface area contributed by atoms with Crippen molar-refractivity contribution in [1.82, 2.24) is 4.90 Å². The first-order valence-electron chi connectivity index (χ1n) is 11.5. The fraction of sp³-hybridized carbons (Fsp3) is 0.179. The van der Waals surface area contributed by atoms with Crippen LogP contribution in [-0.2, 0) is 32.2 Å². The van der Waals surface area contributed by atoms with Crippen molar-refractivity contribution >= 4 is 23.8 Å². The molecule has 2 amide bonds. The zero-order valence-electron chi connectivity index (χ0n) is 19.6. The number of para-hydroxylation sites is 1. The number of benzene rings is 3. The topological polar surface area (TPSA) is 85.4 Å². The molecular weight excluding hydrogens is 460 g/mol. The molecule has 0 saturated heterocycles. The van der Waals surface area contributed by atoms with E-state index in [0.717, 1.165) is 16.7 Å². The Morgan fingerprint density at radius 1 is 0.722 bits per heavy atom. The van der Waals surface area contributed by atoms with Crippen LogP contribution in [0, 0.1) is 0 Å². The Hall–Kier alpha value is -4.59. The summed E-state index contributed by atoms with van der Waals surface area (Å²) >= 11 is 0. The lowest BCUT2D eigenvalue weighted by molar-refractivity contribution is -0.137. The second-order valence-corrected chi connectivity index (χ2v) is 8.36. The lowest BCUT2D eigenvalue weighted by atomic mass is 10.0. The fourth-order valence-electron chi connectivity index (χ4n) is 4.56. The van der Waals surface area contributed by atoms with Crippen molar-refractivity contribution < 1.29 is 28.6 Å². The minimum atomic E-state index is -0.872. The second-order valence-electron chi connectivity index (χ2n) is 8.36. The summed E-state index contributed by atoms with van der Waals surface area (Å²) in [6.45, 7) is 0.0683. The summed E-state index contributed by atoms with van der Waals surface area (Å²) in [5.41, 5.74) is 3.03. The molecule has 8 heteroatoms. The maximum absolute atomic E-state index is 13.4. The number of methoxy groups -OCH3 is 1. The number of hydrogen-bond donors (Lipinski definition) is 0. The Bertz CT molecular complexity index is 1310. The Morgan fingerprint density at radius 2 is 1.25 bits per heavy atom. The van der Waals surface area contributed by atoms with Crippen LogP contribution in [0.15, 0.2) is 96.7 Å². The summed E-state index contributed by atoms with van der Waals surface area (Å²) in [7, 11) is 1.24. The maximum atomic E-state index is 13.4. The van der Waals surface area contributed by atoms with Crippen molar-refractivity contribution in [2.45, 2.75) is 25.3 Å². The van der Waals surface area contributed by atoms with Gasteiger partial charge in [0.05, 0.1) is 12.8 Å². The molecule has 0 aliphatic carbocycles. The largest absolute Gasteiger partial charge is 0.464 e. The third-order valence-corrected chi connectivity index (χ3v) is 6.20. The lowest BCUT2D eigenvalue weighted by Crippen LogP contribution is -2.51. The van der Waals surface area contributed by atoms with Gasteiger partial charge in [-0.15, -0.1) is 0 Å². The standard InChI is InChI=1S/C28H24N2O6/c1-34-26(31)24-16-22-21-14-8-9-15-23(21)29(27(32)35-17-19-10-4-2-5-11-19)25(22)30(24)28(33)36-18-20-12-6-3-7-13-20/h2-16,22,25H,17-18H2,1H3/t22-,25-/m1/s1. The number of nitrogens with zero attached hydrogens (tertiary/aromatic N) is 2. The van der Waals surface area contributed by atoms with E-state index in [1.165, 1.54) is 16.9 Å². The van der Waals surface area contributed by atoms with Crippen LogP contribution in [0.5, 0.6) is 0 Å². The zero-order chi connectivity index (χ0) is 25.1. The zero-order valence-corrected chi connectivity index (χ0v) is 19.6. The van der Waals surface area contributed by atoms with Crippen LogP contribution in [0.2, 0.25) is 0 Å². The Balaban J connectivity index is 1.46. The molecule has 5 rings (SSSR count). The predicted octanol–water partition coefficient (Wildman–Crippen LogP) is 4.96. The van der Waals surface area contributed by atoms with Crippen molar-refractivity contribution in [2.24, 2.45) is 0 Å². The number of carbonyl (C=O) groups is 3. The minimum Gasteiger partial charge on any atom is -0.464 e. The predicted molar refractivity (Wildman–Crippen MR) is 131 cm³/mol. The van der Waals surface area contributed by atoms with Gasteiger partial charge in [-0.05, 0) is 28.8 Å². The van der Waals surface area contributed by atoms with Crippen LogP contribution in [0.4, 0.5) is 15.3 Å². The van der Waals surface area contributed by atoms with E-state index in [4.69, 9.17) is 14.2 Å². The monoisotopic (exact) mass is 484 g/mol. The molecule has 3 aromatic rings. The molecule has 0 radical (unpaired) electrons. The molecule has 182 valence electrons. The molecule has 2 aliphatic heterocycles. The molecule has 36 heavy (non-hydrogen) atoms. The van der Waals surface area contributed by atoms with Gasteiger partial charge in [-0.1, -0.05) is 78.9 Å². The van der Waals surface area contributed by atoms with Crippen molar-refractivity contribution in [2.75, 3.05) is 12.0 Å². The van der Waals surface area contributed by atoms with E-state index in [1.54, 1.807) is 18.2 Å². The quantitative estimate of drug-likeness (QED) is 0.376. The smallest absolute Gasteiger partial charge is 0.416 e. The number of hydrogen-bond acceptors (Lipinski definition) is 6. The first kappa shape index (κ1) is 23.2. The summed E-state index contributed by atoms with van der Waals surface area (Å²) in [5, 5.41) is 0. The van der Waals surface area contributed by atoms with Gasteiger partial charge in [-0.2, -0.15) is 0 Å². The van der Waals surface area contributed by atoms with E-state index in [-0.39, 0.29) is 18.9 Å². The van der Waals surface area contributed by atoms with Gasteiger partial charge in [-0.25, -0.2) is 19.3 Å². The Labute approximate surface area is 208 Å². The molecule has 3 aromatic carbocycles. The molecular formula is C28H24N2O6. The number of esters is 1. The fourth-order valence-corrected chi connectivity index (χ4v) is 4.56. The molecule has 0 saturated carbocycles. The van der Waals surface area contributed by atoms with Crippen LogP contribution < -0.4 is 4.90 Å². The molecule has 2 heterocycles. The van der Waals surface area contributed by atoms with E-state index < -0.39 is 30.2 Å². The normalized spacial score (nSPS) is 17.6. The minimum absolute atomic E-state index is 0.00736. The van der Waals surface area contributed by atoms with Gasteiger partial charge in [-0.3, -0.25) is 4.90 Å². The molecule has 0 spiro atoms. The first-order valence-corrected chi connectivity index (χ1v) is 11.5. The van der Waals surface area contributed by atoms with Crippen LogP contribution in [-0.4, -0.2) is 36.3 Å². The van der Waals surface area contributed by atoms with Gasteiger partial charge in [0.25, 0.3) is 0 Å². The summed E-state index contributed by atoms with van der Waals surface area (Å²) in [6.07, 6.45) is -0.636. The van der Waals surface area contributed by atoms with E-state index >= 15 is 0 Å². The Morgan fingerprint density at radius 3 is 1.83 bits per heavy atom. The van der Waals surface area contributed by atoms with Gasteiger partial charge in [0.1, 0.15) is 25.1 Å². The number of carbonyl (C=O) groups excluding carboxylic acids is 3. The van der Waals surface area contributed by atoms with E-state index in [1.807, 2.05) is 72.8 Å². The highest BCUT2D eigenvalue weighted by atomic mass is 16.6. The molecule has 0 bridgehead atoms.